The van der Waals surface area contributed by atoms with Crippen molar-refractivity contribution in [3.05, 3.63) is 53.9 Å². The Balaban J connectivity index is 1.58. The van der Waals surface area contributed by atoms with Crippen LogP contribution in [0.25, 0.3) is 0 Å². The van der Waals surface area contributed by atoms with Crippen molar-refractivity contribution in [1.82, 2.24) is 9.88 Å². The van der Waals surface area contributed by atoms with Crippen molar-refractivity contribution in [2.45, 2.75) is 6.54 Å². The Morgan fingerprint density at radius 2 is 1.87 bits per heavy atom. The van der Waals surface area contributed by atoms with Crippen molar-refractivity contribution in [2.24, 2.45) is 0 Å². The van der Waals surface area contributed by atoms with Gasteiger partial charge in [0, 0.05) is 50.7 Å². The van der Waals surface area contributed by atoms with Gasteiger partial charge < -0.3 is 9.64 Å². The number of pyridine rings is 1. The smallest absolute Gasteiger partial charge is 0.214 e. The predicted octanol–water partition coefficient (Wildman–Crippen LogP) is 2.69. The molecule has 2 aromatic rings. The average Bonchev–Trinajstić information content (AvgIpc) is 2.56. The van der Waals surface area contributed by atoms with E-state index in [1.54, 1.807) is 6.07 Å². The molecule has 0 atom stereocenters. The molecule has 0 saturated carbocycles. The lowest BCUT2D eigenvalue weighted by Crippen LogP contribution is -2.46. The number of nitrogens with zero attached hydrogens (tertiary/aromatic N) is 3. The van der Waals surface area contributed by atoms with Gasteiger partial charge in [0.2, 0.25) is 5.95 Å². The average molecular weight is 319 g/mol. The van der Waals surface area contributed by atoms with Gasteiger partial charge in [0.1, 0.15) is 0 Å². The minimum Gasteiger partial charge on any atom is -0.494 e. The second kappa shape index (κ2) is 6.91. The van der Waals surface area contributed by atoms with Gasteiger partial charge in [-0.2, -0.15) is 4.39 Å². The van der Waals surface area contributed by atoms with Crippen molar-refractivity contribution in [1.29, 1.82) is 0 Å². The molecular formula is C17H19F2N3O. The van der Waals surface area contributed by atoms with Crippen LogP contribution in [0.3, 0.4) is 0 Å². The van der Waals surface area contributed by atoms with Crippen molar-refractivity contribution >= 4 is 5.69 Å². The number of benzene rings is 1. The molecule has 6 heteroatoms. The number of hydrogen-bond acceptors (Lipinski definition) is 4. The number of methoxy groups -OCH3 is 1. The molecule has 23 heavy (non-hydrogen) atoms. The summed E-state index contributed by atoms with van der Waals surface area (Å²) in [4.78, 5) is 7.97. The van der Waals surface area contributed by atoms with Crippen LogP contribution in [-0.4, -0.2) is 43.2 Å². The monoisotopic (exact) mass is 319 g/mol. The molecule has 1 saturated heterocycles. The van der Waals surface area contributed by atoms with Gasteiger partial charge in [0.05, 0.1) is 7.11 Å². The van der Waals surface area contributed by atoms with Crippen LogP contribution in [0.15, 0.2) is 36.5 Å². The Kier molecular flexibility index (Phi) is 4.71. The summed E-state index contributed by atoms with van der Waals surface area (Å²) >= 11 is 0. The second-order valence-corrected chi connectivity index (χ2v) is 5.57. The Morgan fingerprint density at radius 1 is 1.09 bits per heavy atom. The third kappa shape index (κ3) is 3.76. The molecule has 4 nitrogen and oxygen atoms in total. The third-order valence-corrected chi connectivity index (χ3v) is 4.07. The maximum absolute atomic E-state index is 13.7. The first kappa shape index (κ1) is 15.7. The summed E-state index contributed by atoms with van der Waals surface area (Å²) < 4.78 is 31.9. The van der Waals surface area contributed by atoms with Gasteiger partial charge in [0.15, 0.2) is 11.6 Å². The zero-order valence-corrected chi connectivity index (χ0v) is 13.0. The fourth-order valence-corrected chi connectivity index (χ4v) is 2.82. The first-order chi connectivity index (χ1) is 11.2. The van der Waals surface area contributed by atoms with Gasteiger partial charge in [-0.05, 0) is 23.8 Å². The van der Waals surface area contributed by atoms with Gasteiger partial charge in [-0.15, -0.1) is 0 Å². The molecule has 0 unspecified atom stereocenters. The number of hydrogen-bond donors (Lipinski definition) is 0. The summed E-state index contributed by atoms with van der Waals surface area (Å²) in [5.41, 5.74) is 1.78. The lowest BCUT2D eigenvalue weighted by atomic mass is 10.1. The van der Waals surface area contributed by atoms with Crippen LogP contribution in [-0.2, 0) is 6.54 Å². The van der Waals surface area contributed by atoms with Gasteiger partial charge in [-0.3, -0.25) is 4.90 Å². The lowest BCUT2D eigenvalue weighted by Gasteiger charge is -2.36. The molecule has 1 aromatic heterocycles. The largest absolute Gasteiger partial charge is 0.494 e. The highest BCUT2D eigenvalue weighted by atomic mass is 19.1. The van der Waals surface area contributed by atoms with Gasteiger partial charge in [-0.1, -0.05) is 6.07 Å². The quantitative estimate of drug-likeness (QED) is 0.810. The van der Waals surface area contributed by atoms with E-state index >= 15 is 0 Å². The van der Waals surface area contributed by atoms with E-state index in [1.807, 2.05) is 12.1 Å². The number of anilines is 1. The number of halogens is 2. The molecule has 1 aromatic carbocycles. The van der Waals surface area contributed by atoms with E-state index in [-0.39, 0.29) is 11.6 Å². The molecule has 0 spiro atoms. The molecule has 1 aliphatic rings. The highest BCUT2D eigenvalue weighted by Crippen LogP contribution is 2.20. The molecule has 0 aliphatic carbocycles. The van der Waals surface area contributed by atoms with Gasteiger partial charge in [0.25, 0.3) is 0 Å². The first-order valence-corrected chi connectivity index (χ1v) is 7.57. The van der Waals surface area contributed by atoms with Crippen LogP contribution in [0.4, 0.5) is 14.5 Å². The van der Waals surface area contributed by atoms with E-state index in [2.05, 4.69) is 14.8 Å². The SMILES string of the molecule is COc1ccc(CN2CCN(c3ccnc(F)c3)CC2)cc1F. The van der Waals surface area contributed by atoms with Crippen LogP contribution in [0.2, 0.25) is 0 Å². The topological polar surface area (TPSA) is 28.6 Å². The van der Waals surface area contributed by atoms with E-state index in [0.717, 1.165) is 37.4 Å². The molecule has 1 fully saturated rings. The maximum Gasteiger partial charge on any atom is 0.214 e. The summed E-state index contributed by atoms with van der Waals surface area (Å²) in [6, 6.07) is 8.32. The number of ether oxygens (including phenoxy) is 1. The van der Waals surface area contributed by atoms with Crippen LogP contribution >= 0.6 is 0 Å². The molecule has 0 N–H and O–H groups in total. The van der Waals surface area contributed by atoms with Crippen LogP contribution in [0.5, 0.6) is 5.75 Å². The van der Waals surface area contributed by atoms with Crippen molar-refractivity contribution in [3.8, 4) is 5.75 Å². The zero-order chi connectivity index (χ0) is 16.2. The summed E-state index contributed by atoms with van der Waals surface area (Å²) in [5, 5.41) is 0. The molecule has 2 heterocycles. The summed E-state index contributed by atoms with van der Waals surface area (Å²) in [7, 11) is 1.46. The van der Waals surface area contributed by atoms with E-state index < -0.39 is 5.95 Å². The summed E-state index contributed by atoms with van der Waals surface area (Å²) in [6.07, 6.45) is 1.48. The zero-order valence-electron chi connectivity index (χ0n) is 13.0. The Morgan fingerprint density at radius 3 is 2.52 bits per heavy atom. The number of piperazine rings is 1. The van der Waals surface area contributed by atoms with Crippen molar-refractivity contribution in [3.63, 3.8) is 0 Å². The fraction of sp³-hybridized carbons (Fsp3) is 0.353. The number of aromatic nitrogens is 1. The minimum atomic E-state index is -0.460. The minimum absolute atomic E-state index is 0.262. The normalized spacial score (nSPS) is 15.7. The highest BCUT2D eigenvalue weighted by molar-refractivity contribution is 5.45. The molecule has 3 rings (SSSR count). The molecular weight excluding hydrogens is 300 g/mol. The van der Waals surface area contributed by atoms with E-state index in [1.165, 1.54) is 25.4 Å². The number of rotatable bonds is 4. The highest BCUT2D eigenvalue weighted by Gasteiger charge is 2.18. The third-order valence-electron chi connectivity index (χ3n) is 4.07. The van der Waals surface area contributed by atoms with Gasteiger partial charge in [-0.25, -0.2) is 9.37 Å². The Labute approximate surface area is 134 Å². The lowest BCUT2D eigenvalue weighted by molar-refractivity contribution is 0.249. The van der Waals surface area contributed by atoms with E-state index in [9.17, 15) is 8.78 Å². The standard InChI is InChI=1S/C17H19F2N3O/c1-23-16-3-2-13(10-15(16)18)12-21-6-8-22(9-7-21)14-4-5-20-17(19)11-14/h2-5,10-11H,6-9,12H2,1H3. The Hall–Kier alpha value is -2.21. The Bertz CT molecular complexity index is 673. The van der Waals surface area contributed by atoms with Crippen LogP contribution in [0.1, 0.15) is 5.56 Å². The van der Waals surface area contributed by atoms with Gasteiger partial charge >= 0.3 is 0 Å². The molecule has 0 amide bonds. The van der Waals surface area contributed by atoms with E-state index in [4.69, 9.17) is 4.74 Å². The molecule has 1 aliphatic heterocycles. The molecule has 0 radical (unpaired) electrons. The predicted molar refractivity (Wildman–Crippen MR) is 84.6 cm³/mol. The van der Waals surface area contributed by atoms with Crippen LogP contribution in [0, 0.1) is 11.8 Å². The molecule has 122 valence electrons. The molecule has 0 bridgehead atoms. The summed E-state index contributed by atoms with van der Waals surface area (Å²) in [5.74, 6) is -0.534. The summed E-state index contributed by atoms with van der Waals surface area (Å²) in [6.45, 7) is 4.00. The second-order valence-electron chi connectivity index (χ2n) is 5.57. The van der Waals surface area contributed by atoms with Crippen LogP contribution < -0.4 is 9.64 Å². The first-order valence-electron chi connectivity index (χ1n) is 7.57. The van der Waals surface area contributed by atoms with Crippen molar-refractivity contribution in [2.75, 3.05) is 38.2 Å². The van der Waals surface area contributed by atoms with Crippen molar-refractivity contribution < 1.29 is 13.5 Å². The maximum atomic E-state index is 13.7. The van der Waals surface area contributed by atoms with E-state index in [0.29, 0.717) is 6.54 Å². The fourth-order valence-electron chi connectivity index (χ4n) is 2.82.